The average molecular weight is 333 g/mol. The van der Waals surface area contributed by atoms with Gasteiger partial charge in [0.25, 0.3) is 0 Å². The Morgan fingerprint density at radius 3 is 1.79 bits per heavy atom. The third-order valence-electron chi connectivity index (χ3n) is 5.57. The first-order valence-corrected chi connectivity index (χ1v) is 9.69. The van der Waals surface area contributed by atoms with E-state index in [1.165, 1.54) is 37.7 Å². The molecule has 0 saturated heterocycles. The molecular formula is C22H38NO+. The Kier molecular flexibility index (Phi) is 5.69. The molecule has 2 heteroatoms. The Balaban J connectivity index is 2.35. The minimum Gasteiger partial charge on any atom is -0.507 e. The second kappa shape index (κ2) is 7.07. The summed E-state index contributed by atoms with van der Waals surface area (Å²) in [6.45, 7) is 14.2. The quantitative estimate of drug-likeness (QED) is 0.846. The Hall–Kier alpha value is -1.02. The molecule has 24 heavy (non-hydrogen) atoms. The van der Waals surface area contributed by atoms with Crippen LogP contribution < -0.4 is 4.90 Å². The highest BCUT2D eigenvalue weighted by molar-refractivity contribution is 5.49. The van der Waals surface area contributed by atoms with Gasteiger partial charge in [-0.2, -0.15) is 0 Å². The van der Waals surface area contributed by atoms with Crippen LogP contribution >= 0.6 is 0 Å². The van der Waals surface area contributed by atoms with Crippen molar-refractivity contribution in [3.05, 3.63) is 28.8 Å². The molecule has 1 fully saturated rings. The molecule has 2 rings (SSSR count). The first-order valence-electron chi connectivity index (χ1n) is 9.69. The molecule has 2 nitrogen and oxygen atoms in total. The van der Waals surface area contributed by atoms with Crippen molar-refractivity contribution in [1.29, 1.82) is 0 Å². The lowest BCUT2D eigenvalue weighted by Crippen LogP contribution is -3.11. The van der Waals surface area contributed by atoms with E-state index in [1.807, 2.05) is 0 Å². The fourth-order valence-electron chi connectivity index (χ4n) is 4.00. The highest BCUT2D eigenvalue weighted by Crippen LogP contribution is 2.39. The molecule has 0 bridgehead atoms. The fourth-order valence-corrected chi connectivity index (χ4v) is 4.00. The van der Waals surface area contributed by atoms with Gasteiger partial charge in [-0.25, -0.2) is 0 Å². The van der Waals surface area contributed by atoms with Gasteiger partial charge in [0, 0.05) is 16.7 Å². The summed E-state index contributed by atoms with van der Waals surface area (Å²) in [6, 6.07) is 5.29. The first kappa shape index (κ1) is 19.3. The molecule has 0 aliphatic heterocycles. The fraction of sp³-hybridized carbons (Fsp3) is 0.727. The maximum atomic E-state index is 10.9. The number of phenols is 1. The van der Waals surface area contributed by atoms with Crippen molar-refractivity contribution in [3.63, 3.8) is 0 Å². The molecule has 1 aromatic rings. The van der Waals surface area contributed by atoms with Crippen LogP contribution in [0, 0.1) is 0 Å². The van der Waals surface area contributed by atoms with Crippen molar-refractivity contribution in [3.8, 4) is 5.75 Å². The Morgan fingerprint density at radius 1 is 0.917 bits per heavy atom. The second-order valence-corrected chi connectivity index (χ2v) is 9.90. The lowest BCUT2D eigenvalue weighted by molar-refractivity contribution is -0.921. The van der Waals surface area contributed by atoms with E-state index in [1.54, 1.807) is 4.90 Å². The highest BCUT2D eigenvalue weighted by atomic mass is 16.3. The summed E-state index contributed by atoms with van der Waals surface area (Å²) < 4.78 is 0. The molecule has 1 aromatic carbocycles. The largest absolute Gasteiger partial charge is 0.507 e. The zero-order valence-corrected chi connectivity index (χ0v) is 16.9. The van der Waals surface area contributed by atoms with E-state index in [9.17, 15) is 5.11 Å². The maximum Gasteiger partial charge on any atom is 0.123 e. The number of quaternary nitrogens is 1. The lowest BCUT2D eigenvalue weighted by Gasteiger charge is -2.31. The van der Waals surface area contributed by atoms with Crippen molar-refractivity contribution < 1.29 is 10.0 Å². The molecule has 1 atom stereocenters. The molecule has 0 aromatic heterocycles. The Labute approximate surface area is 149 Å². The van der Waals surface area contributed by atoms with Crippen LogP contribution in [0.25, 0.3) is 0 Å². The summed E-state index contributed by atoms with van der Waals surface area (Å²) in [5.74, 6) is 0.495. The van der Waals surface area contributed by atoms with Crippen LogP contribution in [0.2, 0.25) is 0 Å². The standard InChI is InChI=1S/C22H37NO/c1-21(2,3)18-13-16(14-19(20(18)24)22(4,5)6)15-23(7)17-11-9-8-10-12-17/h13-14,17,24H,8-12,15H2,1-7H3/p+1. The molecule has 136 valence electrons. The number of nitrogens with one attached hydrogen (secondary N) is 1. The molecule has 1 aliphatic carbocycles. The SMILES string of the molecule is C[NH+](Cc1cc(C(C)(C)C)c(O)c(C(C)(C)C)c1)C1CCCCC1. The van der Waals surface area contributed by atoms with Gasteiger partial charge in [-0.15, -0.1) is 0 Å². The van der Waals surface area contributed by atoms with Crippen molar-refractivity contribution in [2.24, 2.45) is 0 Å². The van der Waals surface area contributed by atoms with Gasteiger partial charge in [0.2, 0.25) is 0 Å². The van der Waals surface area contributed by atoms with Crippen LogP contribution in [0.4, 0.5) is 0 Å². The van der Waals surface area contributed by atoms with E-state index in [2.05, 4.69) is 60.7 Å². The van der Waals surface area contributed by atoms with Gasteiger partial charge in [0.05, 0.1) is 13.1 Å². The molecular weight excluding hydrogens is 294 g/mol. The van der Waals surface area contributed by atoms with Crippen LogP contribution in [0.1, 0.15) is 90.3 Å². The number of rotatable bonds is 3. The molecule has 1 aliphatic rings. The van der Waals surface area contributed by atoms with E-state index in [4.69, 9.17) is 0 Å². The molecule has 0 amide bonds. The Bertz CT molecular complexity index is 521. The summed E-state index contributed by atoms with van der Waals surface area (Å²) in [5.41, 5.74) is 3.45. The van der Waals surface area contributed by atoms with Crippen molar-refractivity contribution in [2.45, 2.75) is 97.1 Å². The molecule has 0 spiro atoms. The van der Waals surface area contributed by atoms with Gasteiger partial charge in [0.1, 0.15) is 12.3 Å². The van der Waals surface area contributed by atoms with Gasteiger partial charge in [0.15, 0.2) is 0 Å². The summed E-state index contributed by atoms with van der Waals surface area (Å²) in [6.07, 6.45) is 6.91. The van der Waals surface area contributed by atoms with Gasteiger partial charge in [-0.05, 0) is 48.6 Å². The van der Waals surface area contributed by atoms with Gasteiger partial charge in [-0.1, -0.05) is 48.0 Å². The van der Waals surface area contributed by atoms with Crippen molar-refractivity contribution in [2.75, 3.05) is 7.05 Å². The van der Waals surface area contributed by atoms with Gasteiger partial charge < -0.3 is 10.0 Å². The van der Waals surface area contributed by atoms with Crippen molar-refractivity contribution in [1.82, 2.24) is 0 Å². The number of phenolic OH excluding ortho intramolecular Hbond substituents is 1. The number of hydrogen-bond donors (Lipinski definition) is 2. The average Bonchev–Trinajstić information content (AvgIpc) is 2.47. The number of hydrogen-bond acceptors (Lipinski definition) is 1. The van der Waals surface area contributed by atoms with E-state index in [0.29, 0.717) is 5.75 Å². The molecule has 0 radical (unpaired) electrons. The third-order valence-corrected chi connectivity index (χ3v) is 5.57. The molecule has 1 unspecified atom stereocenters. The van der Waals surface area contributed by atoms with Crippen LogP contribution in [-0.2, 0) is 17.4 Å². The topological polar surface area (TPSA) is 24.7 Å². The summed E-state index contributed by atoms with van der Waals surface area (Å²) >= 11 is 0. The molecule has 2 N–H and O–H groups in total. The highest BCUT2D eigenvalue weighted by Gasteiger charge is 2.28. The Morgan fingerprint density at radius 2 is 1.38 bits per heavy atom. The van der Waals surface area contributed by atoms with E-state index >= 15 is 0 Å². The van der Waals surface area contributed by atoms with Gasteiger partial charge in [-0.3, -0.25) is 0 Å². The maximum absolute atomic E-state index is 10.9. The summed E-state index contributed by atoms with van der Waals surface area (Å²) in [4.78, 5) is 1.63. The zero-order valence-electron chi connectivity index (χ0n) is 16.9. The summed E-state index contributed by atoms with van der Waals surface area (Å²) in [7, 11) is 2.34. The van der Waals surface area contributed by atoms with E-state index in [0.717, 1.165) is 23.7 Å². The lowest BCUT2D eigenvalue weighted by atomic mass is 9.78. The predicted octanol–water partition coefficient (Wildman–Crippen LogP) is 4.33. The first-order chi connectivity index (χ1) is 11.0. The van der Waals surface area contributed by atoms with E-state index in [-0.39, 0.29) is 10.8 Å². The number of aromatic hydroxyl groups is 1. The van der Waals surface area contributed by atoms with Crippen LogP contribution in [-0.4, -0.2) is 18.2 Å². The zero-order chi connectivity index (χ0) is 18.1. The molecule has 1 saturated carbocycles. The smallest absolute Gasteiger partial charge is 0.123 e. The monoisotopic (exact) mass is 332 g/mol. The predicted molar refractivity (Wildman–Crippen MR) is 103 cm³/mol. The minimum atomic E-state index is -0.0428. The molecule has 0 heterocycles. The van der Waals surface area contributed by atoms with Crippen LogP contribution in [0.15, 0.2) is 12.1 Å². The van der Waals surface area contributed by atoms with Gasteiger partial charge >= 0.3 is 0 Å². The summed E-state index contributed by atoms with van der Waals surface area (Å²) in [5, 5.41) is 10.9. The van der Waals surface area contributed by atoms with E-state index < -0.39 is 0 Å². The van der Waals surface area contributed by atoms with Crippen LogP contribution in [0.5, 0.6) is 5.75 Å². The third kappa shape index (κ3) is 4.53. The normalized spacial score (nSPS) is 18.6. The number of benzene rings is 1. The minimum absolute atomic E-state index is 0.0428. The second-order valence-electron chi connectivity index (χ2n) is 9.90. The van der Waals surface area contributed by atoms with Crippen LogP contribution in [0.3, 0.4) is 0 Å². The van der Waals surface area contributed by atoms with Crippen molar-refractivity contribution >= 4 is 0 Å².